The van der Waals surface area contributed by atoms with Gasteiger partial charge in [0.1, 0.15) is 0 Å². The van der Waals surface area contributed by atoms with Crippen molar-refractivity contribution in [2.75, 3.05) is 26.2 Å². The second-order valence-corrected chi connectivity index (χ2v) is 7.66. The Labute approximate surface area is 162 Å². The first-order chi connectivity index (χ1) is 13.2. The number of hydrogen-bond acceptors (Lipinski definition) is 4. The van der Waals surface area contributed by atoms with Gasteiger partial charge in [-0.15, -0.1) is 0 Å². The molecule has 2 aliphatic rings. The molecule has 1 aromatic heterocycles. The number of pyridine rings is 1. The molecule has 0 aromatic carbocycles. The minimum atomic E-state index is 0.0569. The lowest BCUT2D eigenvalue weighted by molar-refractivity contribution is -0.143. The molecule has 2 fully saturated rings. The predicted molar refractivity (Wildman–Crippen MR) is 105 cm³/mol. The van der Waals surface area contributed by atoms with E-state index >= 15 is 0 Å². The maximum absolute atomic E-state index is 13.3. The van der Waals surface area contributed by atoms with E-state index < -0.39 is 0 Å². The van der Waals surface area contributed by atoms with Gasteiger partial charge in [0.05, 0.1) is 18.8 Å². The lowest BCUT2D eigenvalue weighted by atomic mass is 10.1. The van der Waals surface area contributed by atoms with E-state index in [1.165, 1.54) is 0 Å². The van der Waals surface area contributed by atoms with Crippen LogP contribution < -0.4 is 5.32 Å². The molecule has 2 saturated heterocycles. The molecule has 1 atom stereocenters. The summed E-state index contributed by atoms with van der Waals surface area (Å²) < 4.78 is 0. The molecule has 148 valence electrons. The van der Waals surface area contributed by atoms with E-state index in [4.69, 9.17) is 0 Å². The average Bonchev–Trinajstić information content (AvgIpc) is 2.96. The summed E-state index contributed by atoms with van der Waals surface area (Å²) in [6, 6.07) is 6.03. The standard InChI is InChI=1S/C21H32N4O2/c26-20-10-3-1-2-6-15-24(20)17-21(27)25(16-18-8-4-5-13-23-18)19-9-7-12-22-14-11-19/h4-5,8,13,19,22H,1-3,6-7,9-12,14-17H2. The Morgan fingerprint density at radius 1 is 1.15 bits per heavy atom. The fraction of sp³-hybridized carbons (Fsp3) is 0.667. The van der Waals surface area contributed by atoms with E-state index in [-0.39, 0.29) is 24.4 Å². The molecule has 27 heavy (non-hydrogen) atoms. The smallest absolute Gasteiger partial charge is 0.242 e. The van der Waals surface area contributed by atoms with E-state index in [1.54, 1.807) is 11.1 Å². The zero-order valence-corrected chi connectivity index (χ0v) is 16.2. The molecule has 0 radical (unpaired) electrons. The van der Waals surface area contributed by atoms with Crippen molar-refractivity contribution in [3.05, 3.63) is 30.1 Å². The highest BCUT2D eigenvalue weighted by molar-refractivity contribution is 5.85. The molecule has 1 N–H and O–H groups in total. The molecule has 1 unspecified atom stereocenters. The van der Waals surface area contributed by atoms with Crippen molar-refractivity contribution >= 4 is 11.8 Å². The second-order valence-electron chi connectivity index (χ2n) is 7.66. The van der Waals surface area contributed by atoms with Gasteiger partial charge in [0, 0.05) is 25.2 Å². The minimum absolute atomic E-state index is 0.0569. The highest BCUT2D eigenvalue weighted by Gasteiger charge is 2.28. The summed E-state index contributed by atoms with van der Waals surface area (Å²) in [7, 11) is 0. The van der Waals surface area contributed by atoms with Gasteiger partial charge in [-0.05, 0) is 57.3 Å². The Bertz CT molecular complexity index is 599. The summed E-state index contributed by atoms with van der Waals surface area (Å²) in [5, 5.41) is 3.42. The highest BCUT2D eigenvalue weighted by Crippen LogP contribution is 2.18. The molecule has 2 amide bonds. The van der Waals surface area contributed by atoms with Gasteiger partial charge in [-0.25, -0.2) is 0 Å². The SMILES string of the molecule is O=C1CCCCCCN1CC(=O)N(Cc1ccccn1)C1CCCNCC1. The van der Waals surface area contributed by atoms with Crippen LogP contribution in [0.15, 0.2) is 24.4 Å². The number of nitrogens with zero attached hydrogens (tertiary/aromatic N) is 3. The summed E-state index contributed by atoms with van der Waals surface area (Å²) in [5.74, 6) is 0.185. The van der Waals surface area contributed by atoms with Gasteiger partial charge in [-0.2, -0.15) is 0 Å². The molecular weight excluding hydrogens is 340 g/mol. The quantitative estimate of drug-likeness (QED) is 0.862. The van der Waals surface area contributed by atoms with Crippen molar-refractivity contribution in [1.82, 2.24) is 20.1 Å². The van der Waals surface area contributed by atoms with Gasteiger partial charge >= 0.3 is 0 Å². The number of aromatic nitrogens is 1. The van der Waals surface area contributed by atoms with Crippen LogP contribution in [-0.2, 0) is 16.1 Å². The third kappa shape index (κ3) is 6.03. The fourth-order valence-corrected chi connectivity index (χ4v) is 4.04. The predicted octanol–water partition coefficient (Wildman–Crippen LogP) is 2.34. The Kier molecular flexibility index (Phi) is 7.63. The van der Waals surface area contributed by atoms with Crippen LogP contribution in [0.1, 0.15) is 57.1 Å². The van der Waals surface area contributed by atoms with E-state index in [2.05, 4.69) is 10.3 Å². The van der Waals surface area contributed by atoms with E-state index in [0.29, 0.717) is 19.5 Å². The summed E-state index contributed by atoms with van der Waals surface area (Å²) in [6.07, 6.45) is 9.56. The molecule has 0 bridgehead atoms. The van der Waals surface area contributed by atoms with Gasteiger partial charge < -0.3 is 15.1 Å². The van der Waals surface area contributed by atoms with Crippen LogP contribution in [0, 0.1) is 0 Å². The number of carbonyl (C=O) groups is 2. The molecule has 0 spiro atoms. The van der Waals surface area contributed by atoms with Crippen LogP contribution in [-0.4, -0.2) is 58.8 Å². The Morgan fingerprint density at radius 2 is 2.04 bits per heavy atom. The van der Waals surface area contributed by atoms with Crippen LogP contribution in [0.2, 0.25) is 0 Å². The molecule has 0 saturated carbocycles. The lowest BCUT2D eigenvalue weighted by Crippen LogP contribution is -2.47. The third-order valence-electron chi connectivity index (χ3n) is 5.61. The average molecular weight is 373 g/mol. The summed E-state index contributed by atoms with van der Waals surface area (Å²) in [5.41, 5.74) is 0.905. The molecule has 3 rings (SSSR count). The lowest BCUT2D eigenvalue weighted by Gasteiger charge is -2.33. The number of amides is 2. The number of likely N-dealkylation sites (tertiary alicyclic amines) is 1. The molecule has 0 aliphatic carbocycles. The van der Waals surface area contributed by atoms with Crippen molar-refractivity contribution in [2.45, 2.75) is 64.0 Å². The van der Waals surface area contributed by atoms with Crippen LogP contribution in [0.3, 0.4) is 0 Å². The van der Waals surface area contributed by atoms with E-state index in [0.717, 1.165) is 63.7 Å². The molecule has 6 nitrogen and oxygen atoms in total. The number of carbonyl (C=O) groups excluding carboxylic acids is 2. The van der Waals surface area contributed by atoms with Gasteiger partial charge in [0.25, 0.3) is 0 Å². The third-order valence-corrected chi connectivity index (χ3v) is 5.61. The van der Waals surface area contributed by atoms with Gasteiger partial charge in [0.15, 0.2) is 0 Å². The molecule has 1 aromatic rings. The van der Waals surface area contributed by atoms with Crippen molar-refractivity contribution in [3.63, 3.8) is 0 Å². The van der Waals surface area contributed by atoms with Crippen LogP contribution >= 0.6 is 0 Å². The molecular formula is C21H32N4O2. The minimum Gasteiger partial charge on any atom is -0.333 e. The summed E-state index contributed by atoms with van der Waals surface area (Å²) in [6.45, 7) is 3.36. The number of nitrogens with one attached hydrogen (secondary N) is 1. The maximum Gasteiger partial charge on any atom is 0.242 e. The van der Waals surface area contributed by atoms with Crippen LogP contribution in [0.25, 0.3) is 0 Å². The van der Waals surface area contributed by atoms with Gasteiger partial charge in [-0.1, -0.05) is 18.9 Å². The van der Waals surface area contributed by atoms with Gasteiger partial charge in [-0.3, -0.25) is 14.6 Å². The first-order valence-electron chi connectivity index (χ1n) is 10.4. The van der Waals surface area contributed by atoms with E-state index in [1.807, 2.05) is 23.1 Å². The topological polar surface area (TPSA) is 65.5 Å². The maximum atomic E-state index is 13.3. The zero-order chi connectivity index (χ0) is 18.9. The number of hydrogen-bond donors (Lipinski definition) is 1. The molecule has 6 heteroatoms. The fourth-order valence-electron chi connectivity index (χ4n) is 4.04. The van der Waals surface area contributed by atoms with Crippen LogP contribution in [0.5, 0.6) is 0 Å². The van der Waals surface area contributed by atoms with Crippen LogP contribution in [0.4, 0.5) is 0 Å². The first kappa shape index (κ1) is 19.8. The Morgan fingerprint density at radius 3 is 2.89 bits per heavy atom. The normalized spacial score (nSPS) is 21.9. The largest absolute Gasteiger partial charge is 0.333 e. The summed E-state index contributed by atoms with van der Waals surface area (Å²) in [4.78, 5) is 33.9. The van der Waals surface area contributed by atoms with Crippen molar-refractivity contribution in [2.24, 2.45) is 0 Å². The van der Waals surface area contributed by atoms with Crippen molar-refractivity contribution < 1.29 is 9.59 Å². The summed E-state index contributed by atoms with van der Waals surface area (Å²) >= 11 is 0. The van der Waals surface area contributed by atoms with Crippen molar-refractivity contribution in [1.29, 1.82) is 0 Å². The molecule has 3 heterocycles. The van der Waals surface area contributed by atoms with Gasteiger partial charge in [0.2, 0.25) is 11.8 Å². The Balaban J connectivity index is 1.71. The first-order valence-corrected chi connectivity index (χ1v) is 10.4. The Hall–Kier alpha value is -1.95. The number of rotatable bonds is 5. The second kappa shape index (κ2) is 10.4. The highest BCUT2D eigenvalue weighted by atomic mass is 16.2. The van der Waals surface area contributed by atoms with Crippen molar-refractivity contribution in [3.8, 4) is 0 Å². The monoisotopic (exact) mass is 372 g/mol. The molecule has 2 aliphatic heterocycles. The van der Waals surface area contributed by atoms with E-state index in [9.17, 15) is 9.59 Å². The zero-order valence-electron chi connectivity index (χ0n) is 16.2.